The van der Waals surface area contributed by atoms with Crippen molar-refractivity contribution in [2.24, 2.45) is 0 Å². The molecule has 9 heavy (non-hydrogen) atoms. The SMILES string of the molecule is O=C(O)CNC(=O)NI. The van der Waals surface area contributed by atoms with E-state index in [2.05, 4.69) is 8.85 Å². The smallest absolute Gasteiger partial charge is 0.324 e. The van der Waals surface area contributed by atoms with E-state index >= 15 is 0 Å². The number of carbonyl (C=O) groups is 2. The molecular formula is C3H5IN2O3. The maximum Gasteiger partial charge on any atom is 0.324 e. The molecule has 2 amide bonds. The molecule has 0 atom stereocenters. The second-order valence-electron chi connectivity index (χ2n) is 1.17. The summed E-state index contributed by atoms with van der Waals surface area (Å²) in [5.41, 5.74) is 0. The van der Waals surface area contributed by atoms with E-state index in [9.17, 15) is 9.59 Å². The molecule has 5 nitrogen and oxygen atoms in total. The average molecular weight is 244 g/mol. The summed E-state index contributed by atoms with van der Waals surface area (Å²) in [6, 6.07) is -0.502. The van der Waals surface area contributed by atoms with Crippen LogP contribution in [-0.4, -0.2) is 23.7 Å². The topological polar surface area (TPSA) is 78.4 Å². The predicted molar refractivity (Wildman–Crippen MR) is 38.2 cm³/mol. The molecule has 0 rings (SSSR count). The molecule has 0 unspecified atom stereocenters. The fourth-order valence-corrected chi connectivity index (χ4v) is 0.380. The quantitative estimate of drug-likeness (QED) is 0.461. The fraction of sp³-hybridized carbons (Fsp3) is 0.333. The van der Waals surface area contributed by atoms with Gasteiger partial charge in [0.15, 0.2) is 0 Å². The van der Waals surface area contributed by atoms with Gasteiger partial charge >= 0.3 is 12.0 Å². The van der Waals surface area contributed by atoms with Crippen LogP contribution in [0.4, 0.5) is 4.79 Å². The van der Waals surface area contributed by atoms with E-state index in [1.54, 1.807) is 22.9 Å². The van der Waals surface area contributed by atoms with Crippen LogP contribution in [0, 0.1) is 0 Å². The number of hydrogen-bond donors (Lipinski definition) is 3. The van der Waals surface area contributed by atoms with Crippen LogP contribution in [0.15, 0.2) is 0 Å². The Labute approximate surface area is 65.3 Å². The van der Waals surface area contributed by atoms with Crippen LogP contribution in [0.1, 0.15) is 0 Å². The van der Waals surface area contributed by atoms with Crippen molar-refractivity contribution >= 4 is 34.9 Å². The molecule has 52 valence electrons. The van der Waals surface area contributed by atoms with E-state index in [4.69, 9.17) is 5.11 Å². The van der Waals surface area contributed by atoms with Gasteiger partial charge in [-0.15, -0.1) is 0 Å². The van der Waals surface area contributed by atoms with Gasteiger partial charge in [-0.25, -0.2) is 4.79 Å². The van der Waals surface area contributed by atoms with Gasteiger partial charge in [0.25, 0.3) is 0 Å². The minimum Gasteiger partial charge on any atom is -0.480 e. The largest absolute Gasteiger partial charge is 0.480 e. The predicted octanol–water partition coefficient (Wildman–Crippen LogP) is -0.280. The monoisotopic (exact) mass is 244 g/mol. The van der Waals surface area contributed by atoms with Gasteiger partial charge in [-0.2, -0.15) is 0 Å². The summed E-state index contributed by atoms with van der Waals surface area (Å²) in [6.07, 6.45) is 0. The molecule has 0 aromatic carbocycles. The van der Waals surface area contributed by atoms with Crippen LogP contribution in [0.25, 0.3) is 0 Å². The van der Waals surface area contributed by atoms with E-state index in [0.717, 1.165) is 0 Å². The lowest BCUT2D eigenvalue weighted by molar-refractivity contribution is -0.135. The zero-order valence-corrected chi connectivity index (χ0v) is 6.51. The summed E-state index contributed by atoms with van der Waals surface area (Å²) in [4.78, 5) is 20.0. The van der Waals surface area contributed by atoms with Crippen LogP contribution < -0.4 is 8.85 Å². The molecule has 6 heteroatoms. The standard InChI is InChI=1S/C3H5IN2O3/c4-6-3(9)5-1-2(7)8/h1H2,(H,7,8)(H2,5,6,9). The zero-order chi connectivity index (χ0) is 7.28. The molecule has 0 spiro atoms. The summed E-state index contributed by atoms with van der Waals surface area (Å²) in [5.74, 6) is -1.06. The summed E-state index contributed by atoms with van der Waals surface area (Å²) in [5, 5.41) is 10.1. The number of carboxylic acid groups (broad SMARTS) is 1. The molecule has 0 aliphatic heterocycles. The molecule has 0 aliphatic rings. The van der Waals surface area contributed by atoms with Crippen molar-refractivity contribution in [1.29, 1.82) is 0 Å². The van der Waals surface area contributed by atoms with Crippen molar-refractivity contribution in [3.63, 3.8) is 0 Å². The van der Waals surface area contributed by atoms with Crippen molar-refractivity contribution in [1.82, 2.24) is 8.85 Å². The summed E-state index contributed by atoms with van der Waals surface area (Å²) < 4.78 is 2.18. The molecule has 0 saturated heterocycles. The highest BCUT2D eigenvalue weighted by Crippen LogP contribution is 1.69. The maximum absolute atomic E-state index is 10.2. The van der Waals surface area contributed by atoms with Crippen LogP contribution in [-0.2, 0) is 4.79 Å². The third-order valence-electron chi connectivity index (χ3n) is 0.486. The number of nitrogens with one attached hydrogen (secondary N) is 2. The fourth-order valence-electron chi connectivity index (χ4n) is 0.189. The van der Waals surface area contributed by atoms with E-state index in [1.165, 1.54) is 0 Å². The number of carbonyl (C=O) groups excluding carboxylic acids is 1. The molecule has 3 N–H and O–H groups in total. The molecule has 0 radical (unpaired) electrons. The molecule has 0 aromatic heterocycles. The Morgan fingerprint density at radius 3 is 2.44 bits per heavy atom. The van der Waals surface area contributed by atoms with Gasteiger partial charge in [-0.05, 0) is 0 Å². The van der Waals surface area contributed by atoms with Crippen LogP contribution in [0.5, 0.6) is 0 Å². The first-order valence-corrected chi connectivity index (χ1v) is 3.11. The summed E-state index contributed by atoms with van der Waals surface area (Å²) in [6.45, 7) is -0.352. The van der Waals surface area contributed by atoms with Crippen molar-refractivity contribution in [2.45, 2.75) is 0 Å². The van der Waals surface area contributed by atoms with Gasteiger partial charge in [0, 0.05) is 0 Å². The van der Waals surface area contributed by atoms with Crippen LogP contribution in [0.2, 0.25) is 0 Å². The third kappa shape index (κ3) is 5.34. The van der Waals surface area contributed by atoms with E-state index < -0.39 is 12.0 Å². The lowest BCUT2D eigenvalue weighted by Gasteiger charge is -1.96. The number of rotatable bonds is 2. The summed E-state index contributed by atoms with van der Waals surface area (Å²) in [7, 11) is 0. The van der Waals surface area contributed by atoms with Gasteiger partial charge in [0.05, 0.1) is 22.9 Å². The average Bonchev–Trinajstić information content (AvgIpc) is 1.83. The van der Waals surface area contributed by atoms with E-state index in [1.807, 2.05) is 0 Å². The number of carboxylic acids is 1. The zero-order valence-electron chi connectivity index (χ0n) is 4.35. The molecule has 0 aromatic rings. The Kier molecular flexibility index (Phi) is 4.10. The minimum absolute atomic E-state index is 0.352. The summed E-state index contributed by atoms with van der Waals surface area (Å²) >= 11 is 1.61. The number of aliphatic carboxylic acids is 1. The number of amides is 2. The Bertz CT molecular complexity index is 126. The highest BCUT2D eigenvalue weighted by atomic mass is 127. The van der Waals surface area contributed by atoms with Gasteiger partial charge in [-0.3, -0.25) is 8.32 Å². The number of urea groups is 1. The molecule has 0 aliphatic carbocycles. The molecule has 0 saturated carbocycles. The van der Waals surface area contributed by atoms with Gasteiger partial charge in [0.1, 0.15) is 6.54 Å². The lowest BCUT2D eigenvalue weighted by Crippen LogP contribution is -2.33. The number of halogens is 1. The second-order valence-corrected chi connectivity index (χ2v) is 1.71. The highest BCUT2D eigenvalue weighted by molar-refractivity contribution is 14.1. The third-order valence-corrected chi connectivity index (χ3v) is 0.976. The Balaban J connectivity index is 3.28. The van der Waals surface area contributed by atoms with Gasteiger partial charge in [0.2, 0.25) is 0 Å². The lowest BCUT2D eigenvalue weighted by atomic mass is 10.7. The van der Waals surface area contributed by atoms with Crippen LogP contribution >= 0.6 is 22.9 Å². The maximum atomic E-state index is 10.2. The van der Waals surface area contributed by atoms with Crippen molar-refractivity contribution in [2.75, 3.05) is 6.54 Å². The van der Waals surface area contributed by atoms with Crippen LogP contribution in [0.3, 0.4) is 0 Å². The van der Waals surface area contributed by atoms with E-state index in [0.29, 0.717) is 0 Å². The first-order valence-electron chi connectivity index (χ1n) is 2.03. The first-order chi connectivity index (χ1) is 4.16. The van der Waals surface area contributed by atoms with Crippen molar-refractivity contribution in [3.8, 4) is 0 Å². The van der Waals surface area contributed by atoms with Crippen molar-refractivity contribution < 1.29 is 14.7 Å². The normalized spacial score (nSPS) is 8.11. The van der Waals surface area contributed by atoms with E-state index in [-0.39, 0.29) is 6.54 Å². The highest BCUT2D eigenvalue weighted by Gasteiger charge is 1.98. The molecular weight excluding hydrogens is 239 g/mol. The van der Waals surface area contributed by atoms with Crippen molar-refractivity contribution in [3.05, 3.63) is 0 Å². The first kappa shape index (κ1) is 8.47. The molecule has 0 heterocycles. The Morgan fingerprint density at radius 1 is 1.56 bits per heavy atom. The molecule has 0 fully saturated rings. The van der Waals surface area contributed by atoms with Gasteiger partial charge < -0.3 is 10.4 Å². The minimum atomic E-state index is -1.06. The molecule has 0 bridgehead atoms. The van der Waals surface area contributed by atoms with Gasteiger partial charge in [-0.1, -0.05) is 0 Å². The Morgan fingerprint density at radius 2 is 2.11 bits per heavy atom. The second kappa shape index (κ2) is 4.36. The Hall–Kier alpha value is -0.530. The number of hydrogen-bond acceptors (Lipinski definition) is 2.